The summed E-state index contributed by atoms with van der Waals surface area (Å²) in [6.07, 6.45) is 2.59. The van der Waals surface area contributed by atoms with Crippen LogP contribution >= 0.6 is 0 Å². The molecule has 22 heavy (non-hydrogen) atoms. The lowest BCUT2D eigenvalue weighted by atomic mass is 10.1. The molecule has 0 fully saturated rings. The Morgan fingerprint density at radius 1 is 1.23 bits per heavy atom. The lowest BCUT2D eigenvalue weighted by Crippen LogP contribution is -2.33. The zero-order valence-corrected chi connectivity index (χ0v) is 12.2. The number of rotatable bonds is 5. The third-order valence-corrected chi connectivity index (χ3v) is 3.55. The van der Waals surface area contributed by atoms with Crippen LogP contribution in [0.2, 0.25) is 0 Å². The Labute approximate surface area is 127 Å². The zero-order valence-electron chi connectivity index (χ0n) is 12.2. The first-order chi connectivity index (χ1) is 10.6. The van der Waals surface area contributed by atoms with E-state index in [9.17, 15) is 9.90 Å². The first-order valence-corrected chi connectivity index (χ1v) is 7.13. The van der Waals surface area contributed by atoms with E-state index in [0.717, 1.165) is 5.39 Å². The standard InChI is InChI=1S/C17H17NO4/c1-11(9-14(19)16-7-4-8-21-16)18-17(20)13-10-22-15-6-3-2-5-12(13)15/h2-8,10-11,14,19H,9H2,1H3,(H,18,20)/t11-,14-/m0/s1. The second-order valence-electron chi connectivity index (χ2n) is 5.29. The van der Waals surface area contributed by atoms with E-state index in [2.05, 4.69) is 5.32 Å². The average Bonchev–Trinajstić information content (AvgIpc) is 3.16. The summed E-state index contributed by atoms with van der Waals surface area (Å²) in [6, 6.07) is 10.6. The van der Waals surface area contributed by atoms with Crippen LogP contribution in [0.1, 0.15) is 35.6 Å². The van der Waals surface area contributed by atoms with Gasteiger partial charge in [-0.05, 0) is 25.1 Å². The van der Waals surface area contributed by atoms with E-state index in [1.165, 1.54) is 12.5 Å². The maximum absolute atomic E-state index is 12.3. The van der Waals surface area contributed by atoms with E-state index in [-0.39, 0.29) is 11.9 Å². The number of aliphatic hydroxyl groups is 1. The highest BCUT2D eigenvalue weighted by Gasteiger charge is 2.19. The smallest absolute Gasteiger partial charge is 0.255 e. The van der Waals surface area contributed by atoms with E-state index in [1.807, 2.05) is 31.2 Å². The van der Waals surface area contributed by atoms with E-state index in [1.54, 1.807) is 12.1 Å². The van der Waals surface area contributed by atoms with Gasteiger partial charge in [-0.2, -0.15) is 0 Å². The molecule has 0 aliphatic heterocycles. The Hall–Kier alpha value is -2.53. The van der Waals surface area contributed by atoms with Crippen LogP contribution in [0.5, 0.6) is 0 Å². The molecule has 0 bridgehead atoms. The van der Waals surface area contributed by atoms with Gasteiger partial charge < -0.3 is 19.3 Å². The molecule has 3 rings (SSSR count). The normalized spacial score (nSPS) is 13.9. The molecule has 5 nitrogen and oxygen atoms in total. The molecule has 5 heteroatoms. The van der Waals surface area contributed by atoms with E-state index in [4.69, 9.17) is 8.83 Å². The van der Waals surface area contributed by atoms with Gasteiger partial charge in [0.15, 0.2) is 0 Å². The molecule has 0 radical (unpaired) electrons. The molecule has 0 spiro atoms. The van der Waals surface area contributed by atoms with Crippen molar-refractivity contribution in [1.29, 1.82) is 0 Å². The van der Waals surface area contributed by atoms with E-state index < -0.39 is 6.10 Å². The van der Waals surface area contributed by atoms with Crippen LogP contribution in [0.25, 0.3) is 11.0 Å². The first kappa shape index (κ1) is 14.4. The van der Waals surface area contributed by atoms with Crippen LogP contribution < -0.4 is 5.32 Å². The summed E-state index contributed by atoms with van der Waals surface area (Å²) < 4.78 is 10.5. The molecule has 2 atom stereocenters. The van der Waals surface area contributed by atoms with Gasteiger partial charge in [0.2, 0.25) is 0 Å². The van der Waals surface area contributed by atoms with Crippen molar-refractivity contribution >= 4 is 16.9 Å². The van der Waals surface area contributed by atoms with Gasteiger partial charge in [0.05, 0.1) is 11.8 Å². The van der Waals surface area contributed by atoms with Crippen LogP contribution in [0.4, 0.5) is 0 Å². The minimum absolute atomic E-state index is 0.207. The summed E-state index contributed by atoms with van der Waals surface area (Å²) in [5, 5.41) is 13.7. The summed E-state index contributed by atoms with van der Waals surface area (Å²) in [6.45, 7) is 1.84. The van der Waals surface area contributed by atoms with Crippen molar-refractivity contribution < 1.29 is 18.7 Å². The molecule has 0 saturated heterocycles. The molecule has 2 heterocycles. The molecule has 1 amide bonds. The summed E-state index contributed by atoms with van der Waals surface area (Å²) in [7, 11) is 0. The van der Waals surface area contributed by atoms with Gasteiger partial charge in [-0.3, -0.25) is 4.79 Å². The SMILES string of the molecule is C[C@@H](C[C@H](O)c1ccco1)NC(=O)c1coc2ccccc12. The maximum Gasteiger partial charge on any atom is 0.255 e. The first-order valence-electron chi connectivity index (χ1n) is 7.13. The Morgan fingerprint density at radius 3 is 2.82 bits per heavy atom. The number of carbonyl (C=O) groups is 1. The monoisotopic (exact) mass is 299 g/mol. The van der Waals surface area contributed by atoms with Gasteiger partial charge in [0.25, 0.3) is 5.91 Å². The van der Waals surface area contributed by atoms with Crippen LogP contribution in [-0.4, -0.2) is 17.1 Å². The van der Waals surface area contributed by atoms with Gasteiger partial charge >= 0.3 is 0 Å². The van der Waals surface area contributed by atoms with Crippen molar-refractivity contribution in [1.82, 2.24) is 5.32 Å². The highest BCUT2D eigenvalue weighted by molar-refractivity contribution is 6.05. The summed E-state index contributed by atoms with van der Waals surface area (Å²) in [5.41, 5.74) is 1.17. The van der Waals surface area contributed by atoms with Crippen LogP contribution in [-0.2, 0) is 0 Å². The molecule has 114 valence electrons. The average molecular weight is 299 g/mol. The molecule has 1 aromatic carbocycles. The van der Waals surface area contributed by atoms with E-state index in [0.29, 0.717) is 23.3 Å². The second-order valence-corrected chi connectivity index (χ2v) is 5.29. The second kappa shape index (κ2) is 6.07. The summed E-state index contributed by atoms with van der Waals surface area (Å²) in [5.74, 6) is 0.277. The third kappa shape index (κ3) is 2.89. The lowest BCUT2D eigenvalue weighted by Gasteiger charge is -2.16. The Balaban J connectivity index is 1.66. The number of furan rings is 2. The molecule has 2 N–H and O–H groups in total. The van der Waals surface area contributed by atoms with Gasteiger partial charge in [0.1, 0.15) is 23.7 Å². The third-order valence-electron chi connectivity index (χ3n) is 3.55. The van der Waals surface area contributed by atoms with Crippen LogP contribution in [0, 0.1) is 0 Å². The number of hydrogen-bond acceptors (Lipinski definition) is 4. The highest BCUT2D eigenvalue weighted by atomic mass is 16.4. The van der Waals surface area contributed by atoms with Crippen molar-refractivity contribution in [3.63, 3.8) is 0 Å². The minimum Gasteiger partial charge on any atom is -0.467 e. The van der Waals surface area contributed by atoms with Crippen molar-refractivity contribution in [3.8, 4) is 0 Å². The number of benzene rings is 1. The summed E-state index contributed by atoms with van der Waals surface area (Å²) in [4.78, 5) is 12.3. The molecular formula is C17H17NO4. The predicted octanol–water partition coefficient (Wildman–Crippen LogP) is 3.27. The maximum atomic E-state index is 12.3. The highest BCUT2D eigenvalue weighted by Crippen LogP contribution is 2.22. The number of para-hydroxylation sites is 1. The number of fused-ring (bicyclic) bond motifs is 1. The molecule has 3 aromatic rings. The lowest BCUT2D eigenvalue weighted by molar-refractivity contribution is 0.0904. The predicted molar refractivity (Wildman–Crippen MR) is 81.4 cm³/mol. The van der Waals surface area contributed by atoms with Crippen molar-refractivity contribution in [3.05, 3.63) is 60.2 Å². The Kier molecular flexibility index (Phi) is 3.98. The molecule has 2 aromatic heterocycles. The van der Waals surface area contributed by atoms with E-state index >= 15 is 0 Å². The molecule has 0 aliphatic carbocycles. The van der Waals surface area contributed by atoms with Crippen molar-refractivity contribution in [2.45, 2.75) is 25.5 Å². The number of amides is 1. The number of carbonyl (C=O) groups excluding carboxylic acids is 1. The minimum atomic E-state index is -0.744. The van der Waals surface area contributed by atoms with Crippen LogP contribution in [0.15, 0.2) is 57.8 Å². The van der Waals surface area contributed by atoms with Gasteiger partial charge in [-0.25, -0.2) is 0 Å². The topological polar surface area (TPSA) is 75.6 Å². The Bertz CT molecular complexity index is 760. The Morgan fingerprint density at radius 2 is 2.05 bits per heavy atom. The molecular weight excluding hydrogens is 282 g/mol. The van der Waals surface area contributed by atoms with Gasteiger partial charge in [0, 0.05) is 17.8 Å². The van der Waals surface area contributed by atoms with Crippen molar-refractivity contribution in [2.24, 2.45) is 0 Å². The fourth-order valence-electron chi connectivity index (χ4n) is 2.45. The van der Waals surface area contributed by atoms with Gasteiger partial charge in [-0.1, -0.05) is 18.2 Å². The van der Waals surface area contributed by atoms with Crippen molar-refractivity contribution in [2.75, 3.05) is 0 Å². The summed E-state index contributed by atoms with van der Waals surface area (Å²) >= 11 is 0. The quantitative estimate of drug-likeness (QED) is 0.758. The molecule has 0 unspecified atom stereocenters. The number of nitrogens with one attached hydrogen (secondary N) is 1. The fourth-order valence-corrected chi connectivity index (χ4v) is 2.45. The molecule has 0 aliphatic rings. The zero-order chi connectivity index (χ0) is 15.5. The van der Waals surface area contributed by atoms with Gasteiger partial charge in [-0.15, -0.1) is 0 Å². The fraction of sp³-hybridized carbons (Fsp3) is 0.235. The van der Waals surface area contributed by atoms with Crippen LogP contribution in [0.3, 0.4) is 0 Å². The number of hydrogen-bond donors (Lipinski definition) is 2. The molecule has 0 saturated carbocycles. The number of aliphatic hydroxyl groups excluding tert-OH is 1. The largest absolute Gasteiger partial charge is 0.467 e.